The zero-order valence-electron chi connectivity index (χ0n) is 9.91. The summed E-state index contributed by atoms with van der Waals surface area (Å²) < 4.78 is 1.83. The van der Waals surface area contributed by atoms with Gasteiger partial charge >= 0.3 is 0 Å². The number of halogens is 1. The van der Waals surface area contributed by atoms with Gasteiger partial charge in [-0.15, -0.1) is 0 Å². The van der Waals surface area contributed by atoms with Crippen LogP contribution in [0.5, 0.6) is 0 Å². The Morgan fingerprint density at radius 2 is 2.24 bits per heavy atom. The maximum atomic E-state index is 6.10. The van der Waals surface area contributed by atoms with Crippen LogP contribution in [-0.2, 0) is 13.5 Å². The van der Waals surface area contributed by atoms with E-state index < -0.39 is 0 Å². The fourth-order valence-electron chi connectivity index (χ4n) is 2.22. The second-order valence-electron chi connectivity index (χ2n) is 5.13. The smallest absolute Gasteiger partial charge is 0.158 e. The molecular formula is C13H16ClN3. The highest BCUT2D eigenvalue weighted by Gasteiger charge is 2.37. The standard InChI is InChI=1S/C13H16ClN3/c1-17-11-8-9(4-5-13(15)6-7-13)2-3-10(11)12(14)16-17/h2-3,8H,4-7,15H2,1H3. The first-order chi connectivity index (χ1) is 8.07. The number of nitrogens with two attached hydrogens (primary N) is 1. The second kappa shape index (κ2) is 3.72. The first kappa shape index (κ1) is 11.1. The van der Waals surface area contributed by atoms with Crippen molar-refractivity contribution in [3.63, 3.8) is 0 Å². The normalized spacial score (nSPS) is 17.6. The van der Waals surface area contributed by atoms with Gasteiger partial charge in [0.15, 0.2) is 5.15 Å². The first-order valence-electron chi connectivity index (χ1n) is 5.97. The molecule has 0 radical (unpaired) electrons. The summed E-state index contributed by atoms with van der Waals surface area (Å²) in [4.78, 5) is 0. The Kier molecular flexibility index (Phi) is 2.42. The van der Waals surface area contributed by atoms with E-state index in [1.807, 2.05) is 11.7 Å². The number of hydrogen-bond donors (Lipinski definition) is 1. The maximum absolute atomic E-state index is 6.10. The molecule has 0 atom stereocenters. The van der Waals surface area contributed by atoms with Crippen molar-refractivity contribution in [3.8, 4) is 0 Å². The lowest BCUT2D eigenvalue weighted by Crippen LogP contribution is -2.22. The SMILES string of the molecule is Cn1nc(Cl)c2ccc(CCC3(N)CC3)cc21. The van der Waals surface area contributed by atoms with E-state index in [-0.39, 0.29) is 5.54 Å². The van der Waals surface area contributed by atoms with Crippen LogP contribution in [0.15, 0.2) is 18.2 Å². The molecule has 0 saturated heterocycles. The Morgan fingerprint density at radius 1 is 1.47 bits per heavy atom. The molecule has 1 saturated carbocycles. The van der Waals surface area contributed by atoms with Gasteiger partial charge in [-0.25, -0.2) is 0 Å². The summed E-state index contributed by atoms with van der Waals surface area (Å²) in [5, 5.41) is 5.81. The number of nitrogens with zero attached hydrogens (tertiary/aromatic N) is 2. The Hall–Kier alpha value is -1.06. The van der Waals surface area contributed by atoms with Crippen LogP contribution >= 0.6 is 11.6 Å². The topological polar surface area (TPSA) is 43.8 Å². The molecule has 3 rings (SSSR count). The summed E-state index contributed by atoms with van der Waals surface area (Å²) in [7, 11) is 1.92. The molecule has 2 aromatic rings. The number of benzene rings is 1. The molecule has 1 aliphatic carbocycles. The molecule has 0 unspecified atom stereocenters. The molecule has 1 aromatic carbocycles. The zero-order chi connectivity index (χ0) is 12.0. The third-order valence-electron chi connectivity index (χ3n) is 3.67. The Bertz CT molecular complexity index is 569. The van der Waals surface area contributed by atoms with Crippen molar-refractivity contribution in [2.45, 2.75) is 31.2 Å². The first-order valence-corrected chi connectivity index (χ1v) is 6.35. The van der Waals surface area contributed by atoms with E-state index >= 15 is 0 Å². The third kappa shape index (κ3) is 2.05. The predicted molar refractivity (Wildman–Crippen MR) is 70.2 cm³/mol. The van der Waals surface area contributed by atoms with Gasteiger partial charge in [0.25, 0.3) is 0 Å². The molecule has 4 heteroatoms. The van der Waals surface area contributed by atoms with Crippen LogP contribution in [0.2, 0.25) is 5.15 Å². The van der Waals surface area contributed by atoms with Gasteiger partial charge in [0.1, 0.15) is 0 Å². The van der Waals surface area contributed by atoms with Crippen molar-refractivity contribution < 1.29 is 0 Å². The summed E-state index contributed by atoms with van der Waals surface area (Å²) in [6.07, 6.45) is 4.46. The fourth-order valence-corrected chi connectivity index (χ4v) is 2.49. The molecule has 1 aliphatic rings. The van der Waals surface area contributed by atoms with Gasteiger partial charge in [-0.05, 0) is 43.4 Å². The molecule has 2 N–H and O–H groups in total. The Labute approximate surface area is 106 Å². The largest absolute Gasteiger partial charge is 0.325 e. The number of rotatable bonds is 3. The highest BCUT2D eigenvalue weighted by atomic mass is 35.5. The van der Waals surface area contributed by atoms with E-state index in [4.69, 9.17) is 17.3 Å². The van der Waals surface area contributed by atoms with E-state index in [1.165, 1.54) is 18.4 Å². The van der Waals surface area contributed by atoms with E-state index in [0.717, 1.165) is 23.7 Å². The molecule has 1 aromatic heterocycles. The lowest BCUT2D eigenvalue weighted by Gasteiger charge is -2.08. The molecule has 0 spiro atoms. The predicted octanol–water partition coefficient (Wildman–Crippen LogP) is 2.65. The molecule has 1 fully saturated rings. The molecule has 3 nitrogen and oxygen atoms in total. The molecule has 0 amide bonds. The second-order valence-corrected chi connectivity index (χ2v) is 5.49. The lowest BCUT2D eigenvalue weighted by molar-refractivity contribution is 0.609. The van der Waals surface area contributed by atoms with Crippen LogP contribution < -0.4 is 5.73 Å². The van der Waals surface area contributed by atoms with Crippen molar-refractivity contribution in [2.75, 3.05) is 0 Å². The Morgan fingerprint density at radius 3 is 2.94 bits per heavy atom. The molecule has 1 heterocycles. The van der Waals surface area contributed by atoms with Crippen molar-refractivity contribution in [2.24, 2.45) is 12.8 Å². The van der Waals surface area contributed by atoms with Crippen molar-refractivity contribution in [3.05, 3.63) is 28.9 Å². The zero-order valence-corrected chi connectivity index (χ0v) is 10.7. The quantitative estimate of drug-likeness (QED) is 0.909. The summed E-state index contributed by atoms with van der Waals surface area (Å²) in [5.41, 5.74) is 8.63. The Balaban J connectivity index is 1.88. The van der Waals surface area contributed by atoms with E-state index in [1.54, 1.807) is 0 Å². The van der Waals surface area contributed by atoms with Crippen LogP contribution in [0.1, 0.15) is 24.8 Å². The van der Waals surface area contributed by atoms with E-state index in [0.29, 0.717) is 5.15 Å². The minimum Gasteiger partial charge on any atom is -0.325 e. The van der Waals surface area contributed by atoms with Crippen LogP contribution in [0.25, 0.3) is 10.9 Å². The maximum Gasteiger partial charge on any atom is 0.158 e. The fraction of sp³-hybridized carbons (Fsp3) is 0.462. The highest BCUT2D eigenvalue weighted by Crippen LogP contribution is 2.36. The molecular weight excluding hydrogens is 234 g/mol. The van der Waals surface area contributed by atoms with Gasteiger partial charge in [-0.2, -0.15) is 5.10 Å². The van der Waals surface area contributed by atoms with Gasteiger partial charge in [-0.1, -0.05) is 17.7 Å². The van der Waals surface area contributed by atoms with E-state index in [2.05, 4.69) is 23.3 Å². The van der Waals surface area contributed by atoms with Crippen molar-refractivity contribution in [1.82, 2.24) is 9.78 Å². The van der Waals surface area contributed by atoms with Gasteiger partial charge in [0.05, 0.1) is 5.52 Å². The van der Waals surface area contributed by atoms with E-state index in [9.17, 15) is 0 Å². The molecule has 17 heavy (non-hydrogen) atoms. The summed E-state index contributed by atoms with van der Waals surface area (Å²) in [6.45, 7) is 0. The van der Waals surface area contributed by atoms with Crippen LogP contribution in [0.3, 0.4) is 0 Å². The average Bonchev–Trinajstić information content (AvgIpc) is 2.98. The summed E-state index contributed by atoms with van der Waals surface area (Å²) >= 11 is 6.04. The van der Waals surface area contributed by atoms with Gasteiger partial charge < -0.3 is 5.73 Å². The van der Waals surface area contributed by atoms with Crippen LogP contribution in [-0.4, -0.2) is 15.3 Å². The molecule has 0 bridgehead atoms. The van der Waals surface area contributed by atoms with Gasteiger partial charge in [0, 0.05) is 18.0 Å². The number of aromatic nitrogens is 2. The summed E-state index contributed by atoms with van der Waals surface area (Å²) in [6, 6.07) is 6.34. The minimum atomic E-state index is 0.124. The molecule has 0 aliphatic heterocycles. The van der Waals surface area contributed by atoms with Crippen LogP contribution in [0, 0.1) is 0 Å². The average molecular weight is 250 g/mol. The van der Waals surface area contributed by atoms with Gasteiger partial charge in [-0.3, -0.25) is 4.68 Å². The number of hydrogen-bond acceptors (Lipinski definition) is 2. The van der Waals surface area contributed by atoms with Gasteiger partial charge in [0.2, 0.25) is 0 Å². The van der Waals surface area contributed by atoms with Crippen LogP contribution in [0.4, 0.5) is 0 Å². The van der Waals surface area contributed by atoms with Crippen molar-refractivity contribution >= 4 is 22.5 Å². The number of fused-ring (bicyclic) bond motifs is 1. The third-order valence-corrected chi connectivity index (χ3v) is 3.95. The highest BCUT2D eigenvalue weighted by molar-refractivity contribution is 6.34. The van der Waals surface area contributed by atoms with Crippen molar-refractivity contribution in [1.29, 1.82) is 0 Å². The summed E-state index contributed by atoms with van der Waals surface area (Å²) in [5.74, 6) is 0. The number of aryl methyl sites for hydroxylation is 2. The lowest BCUT2D eigenvalue weighted by atomic mass is 10.0. The minimum absolute atomic E-state index is 0.124. The molecule has 90 valence electrons. The monoisotopic (exact) mass is 249 g/mol.